The number of nitrogens with zero attached hydrogens (tertiary/aromatic N) is 4. The summed E-state index contributed by atoms with van der Waals surface area (Å²) >= 11 is 0. The van der Waals surface area contributed by atoms with Crippen molar-refractivity contribution in [1.29, 1.82) is 0 Å². The van der Waals surface area contributed by atoms with Crippen LogP contribution >= 0.6 is 0 Å². The van der Waals surface area contributed by atoms with Crippen molar-refractivity contribution < 1.29 is 4.79 Å². The summed E-state index contributed by atoms with van der Waals surface area (Å²) < 4.78 is 2.03. The Bertz CT molecular complexity index is 1330. The Kier molecular flexibility index (Phi) is 6.51. The Labute approximate surface area is 212 Å². The van der Waals surface area contributed by atoms with Crippen molar-refractivity contribution in [3.63, 3.8) is 0 Å². The normalized spacial score (nSPS) is 20.2. The number of para-hydroxylation sites is 1. The summed E-state index contributed by atoms with van der Waals surface area (Å²) in [6.45, 7) is 3.18. The molecule has 6 nitrogen and oxygen atoms in total. The SMILES string of the molecule is O=C(N[C@H]1CC[C@H](CCN2CCc3cn(-c4ccccc4)nc3C2)CC1)c1cccc2ncccc12. The second-order valence-corrected chi connectivity index (χ2v) is 10.3. The fourth-order valence-electron chi connectivity index (χ4n) is 5.79. The van der Waals surface area contributed by atoms with E-state index in [0.29, 0.717) is 0 Å². The maximum absolute atomic E-state index is 13.0. The number of hydrogen-bond donors (Lipinski definition) is 1. The molecular weight excluding hydrogens is 446 g/mol. The van der Waals surface area contributed by atoms with E-state index in [4.69, 9.17) is 5.10 Å². The Hall–Kier alpha value is -3.51. The van der Waals surface area contributed by atoms with Gasteiger partial charge in [-0.3, -0.25) is 14.7 Å². The average molecular weight is 480 g/mol. The highest BCUT2D eigenvalue weighted by Crippen LogP contribution is 2.29. The van der Waals surface area contributed by atoms with Gasteiger partial charge in [0, 0.05) is 42.5 Å². The molecule has 1 fully saturated rings. The minimum atomic E-state index is 0.0242. The van der Waals surface area contributed by atoms with Crippen molar-refractivity contribution in [2.45, 2.75) is 51.1 Å². The van der Waals surface area contributed by atoms with Crippen molar-refractivity contribution in [2.24, 2.45) is 5.92 Å². The van der Waals surface area contributed by atoms with Crippen LogP contribution in [0, 0.1) is 5.92 Å². The second-order valence-electron chi connectivity index (χ2n) is 10.3. The molecule has 1 N–H and O–H groups in total. The molecule has 6 heteroatoms. The van der Waals surface area contributed by atoms with Crippen LogP contribution in [-0.2, 0) is 13.0 Å². The van der Waals surface area contributed by atoms with Gasteiger partial charge in [-0.1, -0.05) is 30.3 Å². The number of hydrogen-bond acceptors (Lipinski definition) is 4. The molecule has 1 amide bonds. The smallest absolute Gasteiger partial charge is 0.252 e. The van der Waals surface area contributed by atoms with E-state index in [1.165, 1.54) is 30.5 Å². The minimum Gasteiger partial charge on any atom is -0.349 e. The highest BCUT2D eigenvalue weighted by atomic mass is 16.1. The molecule has 1 saturated carbocycles. The zero-order valence-corrected chi connectivity index (χ0v) is 20.6. The van der Waals surface area contributed by atoms with Gasteiger partial charge >= 0.3 is 0 Å². The average Bonchev–Trinajstić information content (AvgIpc) is 3.36. The van der Waals surface area contributed by atoms with Crippen molar-refractivity contribution in [2.75, 3.05) is 13.1 Å². The van der Waals surface area contributed by atoms with Gasteiger partial charge in [0.2, 0.25) is 0 Å². The molecule has 3 heterocycles. The molecule has 6 rings (SSSR count). The maximum Gasteiger partial charge on any atom is 0.252 e. The van der Waals surface area contributed by atoms with Crippen LogP contribution in [0.15, 0.2) is 73.1 Å². The first-order chi connectivity index (χ1) is 17.7. The zero-order chi connectivity index (χ0) is 24.3. The molecule has 0 unspecified atom stereocenters. The van der Waals surface area contributed by atoms with E-state index in [1.807, 2.05) is 41.1 Å². The zero-order valence-electron chi connectivity index (χ0n) is 20.6. The monoisotopic (exact) mass is 479 g/mol. The van der Waals surface area contributed by atoms with Gasteiger partial charge in [0.15, 0.2) is 0 Å². The van der Waals surface area contributed by atoms with Gasteiger partial charge in [0.1, 0.15) is 0 Å². The minimum absolute atomic E-state index is 0.0242. The van der Waals surface area contributed by atoms with E-state index >= 15 is 0 Å². The molecule has 1 aliphatic heterocycles. The van der Waals surface area contributed by atoms with Crippen molar-refractivity contribution in [3.8, 4) is 5.69 Å². The van der Waals surface area contributed by atoms with Gasteiger partial charge in [-0.25, -0.2) is 4.68 Å². The van der Waals surface area contributed by atoms with E-state index in [1.54, 1.807) is 6.20 Å². The summed E-state index contributed by atoms with van der Waals surface area (Å²) in [6.07, 6.45) is 10.8. The predicted octanol–water partition coefficient (Wildman–Crippen LogP) is 5.16. The van der Waals surface area contributed by atoms with E-state index in [2.05, 4.69) is 45.7 Å². The number of carbonyl (C=O) groups is 1. The highest BCUT2D eigenvalue weighted by Gasteiger charge is 2.25. The Morgan fingerprint density at radius 2 is 1.83 bits per heavy atom. The third-order valence-corrected chi connectivity index (χ3v) is 7.89. The van der Waals surface area contributed by atoms with Crippen LogP contribution in [0.3, 0.4) is 0 Å². The number of rotatable bonds is 6. The summed E-state index contributed by atoms with van der Waals surface area (Å²) in [4.78, 5) is 19.9. The number of carbonyl (C=O) groups excluding carboxylic acids is 1. The predicted molar refractivity (Wildman–Crippen MR) is 142 cm³/mol. The lowest BCUT2D eigenvalue weighted by Gasteiger charge is -2.32. The largest absolute Gasteiger partial charge is 0.349 e. The first-order valence-electron chi connectivity index (χ1n) is 13.2. The number of benzene rings is 2. The van der Waals surface area contributed by atoms with Gasteiger partial charge < -0.3 is 5.32 Å². The summed E-state index contributed by atoms with van der Waals surface area (Å²) in [5, 5.41) is 9.09. The number of amides is 1. The lowest BCUT2D eigenvalue weighted by atomic mass is 9.84. The molecule has 0 spiro atoms. The summed E-state index contributed by atoms with van der Waals surface area (Å²) in [5.41, 5.74) is 5.32. The van der Waals surface area contributed by atoms with Crippen LogP contribution in [0.2, 0.25) is 0 Å². The van der Waals surface area contributed by atoms with Gasteiger partial charge in [-0.2, -0.15) is 5.10 Å². The molecule has 0 atom stereocenters. The molecule has 1 aliphatic carbocycles. The fraction of sp³-hybridized carbons (Fsp3) is 0.367. The molecule has 0 radical (unpaired) electrons. The number of aromatic nitrogens is 3. The topological polar surface area (TPSA) is 63.1 Å². The molecule has 36 heavy (non-hydrogen) atoms. The van der Waals surface area contributed by atoms with Gasteiger partial charge in [-0.15, -0.1) is 0 Å². The lowest BCUT2D eigenvalue weighted by Crippen LogP contribution is -2.38. The summed E-state index contributed by atoms with van der Waals surface area (Å²) in [7, 11) is 0. The Morgan fingerprint density at radius 1 is 0.972 bits per heavy atom. The molecule has 2 aromatic carbocycles. The quantitative estimate of drug-likeness (QED) is 0.415. The summed E-state index contributed by atoms with van der Waals surface area (Å²) in [5.74, 6) is 0.763. The van der Waals surface area contributed by atoms with E-state index in [0.717, 1.165) is 67.0 Å². The number of fused-ring (bicyclic) bond motifs is 2. The number of pyridine rings is 1. The van der Waals surface area contributed by atoms with Crippen LogP contribution in [0.25, 0.3) is 16.6 Å². The molecule has 4 aromatic rings. The van der Waals surface area contributed by atoms with Crippen LogP contribution in [0.4, 0.5) is 0 Å². The Balaban J connectivity index is 0.980. The van der Waals surface area contributed by atoms with Crippen LogP contribution in [-0.4, -0.2) is 44.7 Å². The summed E-state index contributed by atoms with van der Waals surface area (Å²) in [6, 6.07) is 20.3. The Morgan fingerprint density at radius 3 is 2.69 bits per heavy atom. The molecular formula is C30H33N5O. The van der Waals surface area contributed by atoms with Crippen LogP contribution in [0.1, 0.15) is 53.7 Å². The van der Waals surface area contributed by atoms with E-state index in [-0.39, 0.29) is 11.9 Å². The van der Waals surface area contributed by atoms with Crippen LogP contribution in [0.5, 0.6) is 0 Å². The van der Waals surface area contributed by atoms with Crippen molar-refractivity contribution in [3.05, 3.63) is 89.9 Å². The molecule has 184 valence electrons. The van der Waals surface area contributed by atoms with Gasteiger partial charge in [0.05, 0.1) is 16.9 Å². The first kappa shape index (κ1) is 22.9. The highest BCUT2D eigenvalue weighted by molar-refractivity contribution is 6.06. The van der Waals surface area contributed by atoms with Gasteiger partial charge in [-0.05, 0) is 86.9 Å². The fourth-order valence-corrected chi connectivity index (χ4v) is 5.79. The molecule has 0 saturated heterocycles. The van der Waals surface area contributed by atoms with Crippen molar-refractivity contribution >= 4 is 16.8 Å². The second kappa shape index (κ2) is 10.2. The maximum atomic E-state index is 13.0. The first-order valence-corrected chi connectivity index (χ1v) is 13.2. The third kappa shape index (κ3) is 4.91. The van der Waals surface area contributed by atoms with E-state index in [9.17, 15) is 4.79 Å². The van der Waals surface area contributed by atoms with Crippen LogP contribution < -0.4 is 5.32 Å². The number of nitrogens with one attached hydrogen (secondary N) is 1. The molecule has 0 bridgehead atoms. The van der Waals surface area contributed by atoms with E-state index < -0.39 is 0 Å². The standard InChI is InChI=1S/C30H33N5O/c36-30(27-8-4-10-28-26(27)9-5-17-31-28)32-24-13-11-22(12-14-24)15-18-34-19-16-23-20-35(33-29(23)21-34)25-6-2-1-3-7-25/h1-10,17,20,22,24H,11-16,18-19,21H2,(H,32,36)/t22-,24-. The van der Waals surface area contributed by atoms with Gasteiger partial charge in [0.25, 0.3) is 5.91 Å². The lowest BCUT2D eigenvalue weighted by molar-refractivity contribution is 0.0921. The molecule has 2 aromatic heterocycles. The molecule has 2 aliphatic rings. The van der Waals surface area contributed by atoms with Crippen molar-refractivity contribution in [1.82, 2.24) is 25.0 Å². The third-order valence-electron chi connectivity index (χ3n) is 7.89.